The molecule has 2 aliphatic heterocycles. The zero-order valence-electron chi connectivity index (χ0n) is 18.6. The van der Waals surface area contributed by atoms with Crippen LogP contribution in [0.3, 0.4) is 0 Å². The van der Waals surface area contributed by atoms with Crippen LogP contribution in [0, 0.1) is 13.8 Å². The number of carbonyl (C=O) groups excluding carboxylic acids is 1. The average Bonchev–Trinajstić information content (AvgIpc) is 3.42. The highest BCUT2D eigenvalue weighted by atomic mass is 16.5. The van der Waals surface area contributed by atoms with Gasteiger partial charge in [-0.05, 0) is 50.8 Å². The van der Waals surface area contributed by atoms with E-state index in [1.807, 2.05) is 30.7 Å². The van der Waals surface area contributed by atoms with E-state index < -0.39 is 0 Å². The van der Waals surface area contributed by atoms with Gasteiger partial charge >= 0.3 is 0 Å². The lowest BCUT2D eigenvalue weighted by Gasteiger charge is -2.26. The normalized spacial score (nSPS) is 17.3. The summed E-state index contributed by atoms with van der Waals surface area (Å²) < 4.78 is 7.19. The first kappa shape index (κ1) is 21.7. The fourth-order valence-electron chi connectivity index (χ4n) is 4.31. The summed E-state index contributed by atoms with van der Waals surface area (Å²) in [6, 6.07) is 3.99. The van der Waals surface area contributed by atoms with Gasteiger partial charge in [-0.3, -0.25) is 9.69 Å². The maximum absolute atomic E-state index is 12.3. The van der Waals surface area contributed by atoms with Crippen molar-refractivity contribution in [3.8, 4) is 5.82 Å². The Bertz CT molecular complexity index is 869. The maximum atomic E-state index is 12.3. The molecule has 0 spiro atoms. The minimum Gasteiger partial charge on any atom is -0.379 e. The van der Waals surface area contributed by atoms with E-state index in [0.29, 0.717) is 25.2 Å². The first-order valence-electron chi connectivity index (χ1n) is 11.3. The largest absolute Gasteiger partial charge is 0.379 e. The minimum absolute atomic E-state index is 0.0783. The number of anilines is 1. The summed E-state index contributed by atoms with van der Waals surface area (Å²) in [7, 11) is 0. The van der Waals surface area contributed by atoms with Crippen molar-refractivity contribution in [3.05, 3.63) is 29.1 Å². The predicted molar refractivity (Wildman–Crippen MR) is 119 cm³/mol. The summed E-state index contributed by atoms with van der Waals surface area (Å²) in [6.07, 6.45) is 3.55. The number of ether oxygens (including phenoxy) is 1. The summed E-state index contributed by atoms with van der Waals surface area (Å²) in [5.41, 5.74) is 3.06. The number of aryl methyl sites for hydroxylation is 1. The molecule has 2 aromatic heterocycles. The number of nitrogens with zero attached hydrogens (tertiary/aromatic N) is 6. The van der Waals surface area contributed by atoms with E-state index in [-0.39, 0.29) is 5.91 Å². The van der Waals surface area contributed by atoms with E-state index in [1.165, 1.54) is 12.8 Å². The minimum atomic E-state index is 0.0783. The van der Waals surface area contributed by atoms with E-state index in [4.69, 9.17) is 4.74 Å². The second kappa shape index (κ2) is 10.2. The van der Waals surface area contributed by atoms with Crippen molar-refractivity contribution in [2.45, 2.75) is 39.5 Å². The summed E-state index contributed by atoms with van der Waals surface area (Å²) in [4.78, 5) is 16.9. The molecule has 9 nitrogen and oxygen atoms in total. The molecule has 31 heavy (non-hydrogen) atoms. The third-order valence-electron chi connectivity index (χ3n) is 6.18. The van der Waals surface area contributed by atoms with Crippen molar-refractivity contribution in [1.82, 2.24) is 30.2 Å². The van der Waals surface area contributed by atoms with Gasteiger partial charge in [0, 0.05) is 51.4 Å². The average molecular weight is 428 g/mol. The number of rotatable bonds is 8. The lowest BCUT2D eigenvalue weighted by molar-refractivity contribution is -0.121. The summed E-state index contributed by atoms with van der Waals surface area (Å²) in [5, 5.41) is 16.5. The standard InChI is InChI=1S/C22H33N7O2/c1-17-19(5-8-22(30)23-9-12-27-13-15-31-16-14-27)18(2)29(26-17)21-7-6-20(24-25-21)28-10-3-4-11-28/h6-7H,3-5,8-16H2,1-2H3,(H,23,30). The van der Waals surface area contributed by atoms with Gasteiger partial charge in [-0.2, -0.15) is 5.10 Å². The number of aromatic nitrogens is 4. The van der Waals surface area contributed by atoms with E-state index in [0.717, 1.165) is 68.7 Å². The Balaban J connectivity index is 1.30. The zero-order chi connectivity index (χ0) is 21.6. The molecule has 4 heterocycles. The molecule has 2 aliphatic rings. The Hall–Kier alpha value is -2.52. The van der Waals surface area contributed by atoms with Gasteiger partial charge in [0.05, 0.1) is 18.9 Å². The molecule has 9 heteroatoms. The molecule has 0 radical (unpaired) electrons. The number of nitrogens with one attached hydrogen (secondary N) is 1. The molecule has 2 saturated heterocycles. The summed E-state index contributed by atoms with van der Waals surface area (Å²) >= 11 is 0. The van der Waals surface area contributed by atoms with E-state index in [9.17, 15) is 4.79 Å². The Morgan fingerprint density at radius 1 is 1.06 bits per heavy atom. The van der Waals surface area contributed by atoms with Crippen LogP contribution in [-0.2, 0) is 16.0 Å². The first-order valence-corrected chi connectivity index (χ1v) is 11.3. The maximum Gasteiger partial charge on any atom is 0.220 e. The molecule has 0 aromatic carbocycles. The number of carbonyl (C=O) groups is 1. The second-order valence-electron chi connectivity index (χ2n) is 8.31. The lowest BCUT2D eigenvalue weighted by atomic mass is 10.1. The van der Waals surface area contributed by atoms with E-state index in [2.05, 4.69) is 30.4 Å². The Morgan fingerprint density at radius 3 is 2.48 bits per heavy atom. The summed E-state index contributed by atoms with van der Waals surface area (Å²) in [5.74, 6) is 1.72. The fourth-order valence-corrected chi connectivity index (χ4v) is 4.31. The van der Waals surface area contributed by atoms with Crippen LogP contribution in [0.4, 0.5) is 5.82 Å². The third-order valence-corrected chi connectivity index (χ3v) is 6.18. The second-order valence-corrected chi connectivity index (χ2v) is 8.31. The van der Waals surface area contributed by atoms with Gasteiger partial charge in [-0.1, -0.05) is 0 Å². The van der Waals surface area contributed by atoms with Crippen LogP contribution in [0.2, 0.25) is 0 Å². The van der Waals surface area contributed by atoms with Gasteiger partial charge in [0.1, 0.15) is 0 Å². The molecule has 0 bridgehead atoms. The predicted octanol–water partition coefficient (Wildman–Crippen LogP) is 1.26. The van der Waals surface area contributed by atoms with Crippen molar-refractivity contribution in [3.63, 3.8) is 0 Å². The van der Waals surface area contributed by atoms with Gasteiger partial charge in [-0.25, -0.2) is 4.68 Å². The Kier molecular flexibility index (Phi) is 7.14. The highest BCUT2D eigenvalue weighted by Crippen LogP contribution is 2.21. The van der Waals surface area contributed by atoms with Gasteiger partial charge in [0.25, 0.3) is 0 Å². The highest BCUT2D eigenvalue weighted by molar-refractivity contribution is 5.76. The molecule has 0 aliphatic carbocycles. The van der Waals surface area contributed by atoms with Crippen molar-refractivity contribution < 1.29 is 9.53 Å². The highest BCUT2D eigenvalue weighted by Gasteiger charge is 2.17. The fraction of sp³-hybridized carbons (Fsp3) is 0.636. The van der Waals surface area contributed by atoms with Crippen molar-refractivity contribution >= 4 is 11.7 Å². The first-order chi connectivity index (χ1) is 15.1. The number of hydrogen-bond acceptors (Lipinski definition) is 7. The molecular formula is C22H33N7O2. The van der Waals surface area contributed by atoms with E-state index >= 15 is 0 Å². The topological polar surface area (TPSA) is 88.4 Å². The smallest absolute Gasteiger partial charge is 0.220 e. The molecule has 1 N–H and O–H groups in total. The van der Waals surface area contributed by atoms with Crippen LogP contribution in [0.25, 0.3) is 5.82 Å². The molecular weight excluding hydrogens is 394 g/mol. The van der Waals surface area contributed by atoms with Crippen LogP contribution in [0.5, 0.6) is 0 Å². The van der Waals surface area contributed by atoms with Crippen molar-refractivity contribution in [1.29, 1.82) is 0 Å². The molecule has 2 fully saturated rings. The SMILES string of the molecule is Cc1nn(-c2ccc(N3CCCC3)nn2)c(C)c1CCC(=O)NCCN1CCOCC1. The number of morpholine rings is 1. The van der Waals surface area contributed by atoms with Crippen LogP contribution in [0.15, 0.2) is 12.1 Å². The number of amides is 1. The molecule has 2 aromatic rings. The van der Waals surface area contributed by atoms with Gasteiger partial charge in [0.15, 0.2) is 11.6 Å². The number of hydrogen-bond donors (Lipinski definition) is 1. The zero-order valence-corrected chi connectivity index (χ0v) is 18.6. The molecule has 0 unspecified atom stereocenters. The van der Waals surface area contributed by atoms with Crippen LogP contribution in [0.1, 0.15) is 36.2 Å². The van der Waals surface area contributed by atoms with Crippen LogP contribution >= 0.6 is 0 Å². The monoisotopic (exact) mass is 427 g/mol. The van der Waals surface area contributed by atoms with Crippen molar-refractivity contribution in [2.24, 2.45) is 0 Å². The molecule has 0 atom stereocenters. The van der Waals surface area contributed by atoms with E-state index in [1.54, 1.807) is 0 Å². The quantitative estimate of drug-likeness (QED) is 0.678. The van der Waals surface area contributed by atoms with Crippen LogP contribution in [-0.4, -0.2) is 83.3 Å². The lowest BCUT2D eigenvalue weighted by Crippen LogP contribution is -2.41. The molecule has 0 saturated carbocycles. The van der Waals surface area contributed by atoms with Gasteiger partial charge in [0.2, 0.25) is 5.91 Å². The van der Waals surface area contributed by atoms with Gasteiger partial charge in [-0.15, -0.1) is 10.2 Å². The molecule has 168 valence electrons. The van der Waals surface area contributed by atoms with Crippen LogP contribution < -0.4 is 10.2 Å². The van der Waals surface area contributed by atoms with Gasteiger partial charge < -0.3 is 15.0 Å². The third kappa shape index (κ3) is 5.40. The molecule has 4 rings (SSSR count). The summed E-state index contributed by atoms with van der Waals surface area (Å²) in [6.45, 7) is 11.1. The molecule has 1 amide bonds. The Labute approximate surface area is 183 Å². The van der Waals surface area contributed by atoms with Crippen molar-refractivity contribution in [2.75, 3.05) is 57.4 Å². The Morgan fingerprint density at radius 2 is 1.77 bits per heavy atom.